The number of nitrogens with one attached hydrogen (secondary N) is 1. The Bertz CT molecular complexity index is 346. The SMILES string of the molecule is CC(CO)C(C)NC(CN)c1cccc(Cl)c1. The van der Waals surface area contributed by atoms with Crippen LogP contribution in [0, 0.1) is 5.92 Å². The monoisotopic (exact) mass is 256 g/mol. The van der Waals surface area contributed by atoms with E-state index in [9.17, 15) is 0 Å². The van der Waals surface area contributed by atoms with Gasteiger partial charge in [0.1, 0.15) is 0 Å². The molecule has 1 aromatic carbocycles. The Morgan fingerprint density at radius 2 is 2.12 bits per heavy atom. The minimum absolute atomic E-state index is 0.0673. The first-order valence-electron chi connectivity index (χ1n) is 5.91. The molecule has 0 fully saturated rings. The number of halogens is 1. The maximum Gasteiger partial charge on any atom is 0.0471 e. The third-order valence-electron chi connectivity index (χ3n) is 3.09. The molecule has 0 saturated carbocycles. The number of benzene rings is 1. The number of hydrogen-bond acceptors (Lipinski definition) is 3. The van der Waals surface area contributed by atoms with E-state index in [1.54, 1.807) is 0 Å². The molecule has 0 aliphatic carbocycles. The van der Waals surface area contributed by atoms with Crippen LogP contribution in [0.3, 0.4) is 0 Å². The van der Waals surface area contributed by atoms with Crippen LogP contribution in [0.4, 0.5) is 0 Å². The molecule has 0 radical (unpaired) electrons. The van der Waals surface area contributed by atoms with Gasteiger partial charge in [-0.2, -0.15) is 0 Å². The van der Waals surface area contributed by atoms with Crippen molar-refractivity contribution in [2.45, 2.75) is 25.9 Å². The van der Waals surface area contributed by atoms with E-state index >= 15 is 0 Å². The summed E-state index contributed by atoms with van der Waals surface area (Å²) in [5.74, 6) is 0.197. The molecule has 0 heterocycles. The Hall–Kier alpha value is -0.610. The summed E-state index contributed by atoms with van der Waals surface area (Å²) in [5.41, 5.74) is 6.86. The van der Waals surface area contributed by atoms with Crippen molar-refractivity contribution in [1.29, 1.82) is 0 Å². The lowest BCUT2D eigenvalue weighted by molar-refractivity contribution is 0.201. The second kappa shape index (κ2) is 6.97. The van der Waals surface area contributed by atoms with Crippen LogP contribution in [0.2, 0.25) is 5.02 Å². The molecule has 0 amide bonds. The summed E-state index contributed by atoms with van der Waals surface area (Å²) in [6.45, 7) is 4.72. The van der Waals surface area contributed by atoms with Gasteiger partial charge in [-0.1, -0.05) is 30.7 Å². The Balaban J connectivity index is 2.72. The minimum Gasteiger partial charge on any atom is -0.396 e. The molecule has 96 valence electrons. The van der Waals surface area contributed by atoms with E-state index in [-0.39, 0.29) is 24.6 Å². The number of hydrogen-bond donors (Lipinski definition) is 3. The molecule has 1 aromatic rings. The van der Waals surface area contributed by atoms with Crippen LogP contribution in [0.5, 0.6) is 0 Å². The molecule has 0 saturated heterocycles. The van der Waals surface area contributed by atoms with Crippen LogP contribution in [0.25, 0.3) is 0 Å². The highest BCUT2D eigenvalue weighted by molar-refractivity contribution is 6.30. The third-order valence-corrected chi connectivity index (χ3v) is 3.33. The van der Waals surface area contributed by atoms with Crippen molar-refractivity contribution in [3.63, 3.8) is 0 Å². The average molecular weight is 257 g/mol. The van der Waals surface area contributed by atoms with Crippen molar-refractivity contribution in [2.24, 2.45) is 11.7 Å². The van der Waals surface area contributed by atoms with Gasteiger partial charge in [-0.25, -0.2) is 0 Å². The van der Waals surface area contributed by atoms with Crippen molar-refractivity contribution in [3.8, 4) is 0 Å². The van der Waals surface area contributed by atoms with E-state index in [1.807, 2.05) is 38.1 Å². The predicted octanol–water partition coefficient (Wildman–Crippen LogP) is 1.95. The molecule has 4 heteroatoms. The van der Waals surface area contributed by atoms with Gasteiger partial charge in [-0.15, -0.1) is 0 Å². The lowest BCUT2D eigenvalue weighted by Gasteiger charge is -2.26. The quantitative estimate of drug-likeness (QED) is 0.729. The van der Waals surface area contributed by atoms with Gasteiger partial charge in [0.15, 0.2) is 0 Å². The second-order valence-corrected chi connectivity index (χ2v) is 4.89. The molecule has 17 heavy (non-hydrogen) atoms. The third kappa shape index (κ3) is 4.28. The van der Waals surface area contributed by atoms with Crippen LogP contribution in [0.1, 0.15) is 25.5 Å². The van der Waals surface area contributed by atoms with E-state index in [0.717, 1.165) is 5.56 Å². The van der Waals surface area contributed by atoms with E-state index in [2.05, 4.69) is 5.32 Å². The van der Waals surface area contributed by atoms with Crippen molar-refractivity contribution >= 4 is 11.6 Å². The normalized spacial score (nSPS) is 16.5. The molecule has 0 aliphatic heterocycles. The van der Waals surface area contributed by atoms with Gasteiger partial charge in [-0.3, -0.25) is 0 Å². The van der Waals surface area contributed by atoms with E-state index < -0.39 is 0 Å². The molecule has 0 aliphatic rings. The first-order chi connectivity index (χ1) is 8.08. The van der Waals surface area contributed by atoms with Crippen LogP contribution in [-0.4, -0.2) is 24.3 Å². The standard InChI is InChI=1S/C13H21ClN2O/c1-9(8-17)10(2)16-13(7-15)11-4-3-5-12(14)6-11/h3-6,9-10,13,16-17H,7-8,15H2,1-2H3. The van der Waals surface area contributed by atoms with E-state index in [4.69, 9.17) is 22.4 Å². The minimum atomic E-state index is 0.0673. The van der Waals surface area contributed by atoms with Crippen LogP contribution >= 0.6 is 11.6 Å². The molecule has 0 spiro atoms. The highest BCUT2D eigenvalue weighted by atomic mass is 35.5. The molecule has 4 N–H and O–H groups in total. The molecule has 0 bridgehead atoms. The van der Waals surface area contributed by atoms with Crippen molar-refractivity contribution in [2.75, 3.05) is 13.2 Å². The van der Waals surface area contributed by atoms with Gasteiger partial charge < -0.3 is 16.2 Å². The molecular weight excluding hydrogens is 236 g/mol. The highest BCUT2D eigenvalue weighted by Crippen LogP contribution is 2.18. The predicted molar refractivity (Wildman–Crippen MR) is 72.1 cm³/mol. The number of rotatable bonds is 6. The fourth-order valence-corrected chi connectivity index (χ4v) is 1.86. The maximum absolute atomic E-state index is 9.11. The summed E-state index contributed by atoms with van der Waals surface area (Å²) in [7, 11) is 0. The summed E-state index contributed by atoms with van der Waals surface area (Å²) in [4.78, 5) is 0. The second-order valence-electron chi connectivity index (χ2n) is 4.46. The maximum atomic E-state index is 9.11. The Morgan fingerprint density at radius 1 is 1.41 bits per heavy atom. The van der Waals surface area contributed by atoms with Gasteiger partial charge >= 0.3 is 0 Å². The lowest BCUT2D eigenvalue weighted by Crippen LogP contribution is -2.39. The zero-order valence-electron chi connectivity index (χ0n) is 10.4. The van der Waals surface area contributed by atoms with Crippen LogP contribution < -0.4 is 11.1 Å². The van der Waals surface area contributed by atoms with Crippen molar-refractivity contribution < 1.29 is 5.11 Å². The molecule has 0 aromatic heterocycles. The Kier molecular flexibility index (Phi) is 5.92. The fourth-order valence-electron chi connectivity index (χ4n) is 1.66. The van der Waals surface area contributed by atoms with Gasteiger partial charge in [0.05, 0.1) is 0 Å². The molecule has 3 unspecified atom stereocenters. The van der Waals surface area contributed by atoms with Gasteiger partial charge in [0, 0.05) is 30.3 Å². The molecular formula is C13H21ClN2O. The number of aliphatic hydroxyl groups is 1. The Labute approximate surface area is 108 Å². The summed E-state index contributed by atoms with van der Waals surface area (Å²) >= 11 is 5.96. The first-order valence-corrected chi connectivity index (χ1v) is 6.28. The molecule has 3 nitrogen and oxygen atoms in total. The zero-order valence-corrected chi connectivity index (χ0v) is 11.1. The Morgan fingerprint density at radius 3 is 2.65 bits per heavy atom. The van der Waals surface area contributed by atoms with E-state index in [1.165, 1.54) is 0 Å². The summed E-state index contributed by atoms with van der Waals surface area (Å²) in [5, 5.41) is 13.2. The van der Waals surface area contributed by atoms with Gasteiger partial charge in [0.25, 0.3) is 0 Å². The van der Waals surface area contributed by atoms with Gasteiger partial charge in [-0.05, 0) is 30.5 Å². The number of aliphatic hydroxyl groups excluding tert-OH is 1. The molecule has 3 atom stereocenters. The summed E-state index contributed by atoms with van der Waals surface area (Å²) < 4.78 is 0. The van der Waals surface area contributed by atoms with Crippen LogP contribution in [0.15, 0.2) is 24.3 Å². The number of nitrogens with two attached hydrogens (primary N) is 1. The van der Waals surface area contributed by atoms with Crippen molar-refractivity contribution in [1.82, 2.24) is 5.32 Å². The smallest absolute Gasteiger partial charge is 0.0471 e. The topological polar surface area (TPSA) is 58.3 Å². The lowest BCUT2D eigenvalue weighted by atomic mass is 10.0. The average Bonchev–Trinajstić information content (AvgIpc) is 2.34. The fraction of sp³-hybridized carbons (Fsp3) is 0.538. The van der Waals surface area contributed by atoms with E-state index in [0.29, 0.717) is 11.6 Å². The highest BCUT2D eigenvalue weighted by Gasteiger charge is 2.17. The zero-order chi connectivity index (χ0) is 12.8. The van der Waals surface area contributed by atoms with Crippen molar-refractivity contribution in [3.05, 3.63) is 34.9 Å². The molecule has 1 rings (SSSR count). The summed E-state index contributed by atoms with van der Waals surface area (Å²) in [6, 6.07) is 7.96. The van der Waals surface area contributed by atoms with Crippen LogP contribution in [-0.2, 0) is 0 Å². The summed E-state index contributed by atoms with van der Waals surface area (Å²) in [6.07, 6.45) is 0. The largest absolute Gasteiger partial charge is 0.396 e. The first kappa shape index (κ1) is 14.5. The van der Waals surface area contributed by atoms with Gasteiger partial charge in [0.2, 0.25) is 0 Å².